The molecule has 0 aliphatic rings. The maximum Gasteiger partial charge on any atom is 0.0422 e. The Labute approximate surface area is 78.7 Å². The van der Waals surface area contributed by atoms with Crippen molar-refractivity contribution in [3.8, 4) is 0 Å². The highest BCUT2D eigenvalue weighted by atomic mass is 32.1. The van der Waals surface area contributed by atoms with Gasteiger partial charge in [0.05, 0.1) is 0 Å². The Morgan fingerprint density at radius 3 is 2.42 bits per heavy atom. The van der Waals surface area contributed by atoms with Gasteiger partial charge in [0, 0.05) is 16.2 Å². The average Bonchev–Trinajstić information content (AvgIpc) is 2.04. The molecule has 0 spiro atoms. The Balaban J connectivity index is 3.03. The van der Waals surface area contributed by atoms with E-state index in [1.807, 2.05) is 38.1 Å². The third-order valence-corrected chi connectivity index (χ3v) is 2.16. The molecule has 0 saturated heterocycles. The molecule has 1 aromatic rings. The summed E-state index contributed by atoms with van der Waals surface area (Å²) in [4.78, 5) is 0.885. The van der Waals surface area contributed by atoms with Gasteiger partial charge in [-0.25, -0.2) is 0 Å². The van der Waals surface area contributed by atoms with Gasteiger partial charge < -0.3 is 5.41 Å². The molecule has 1 N–H and O–H groups in total. The van der Waals surface area contributed by atoms with E-state index in [0.717, 1.165) is 10.5 Å². The summed E-state index contributed by atoms with van der Waals surface area (Å²) in [6.07, 6.45) is 0. The zero-order valence-corrected chi connectivity index (χ0v) is 8.23. The summed E-state index contributed by atoms with van der Waals surface area (Å²) in [6.45, 7) is 4.03. The first-order valence-corrected chi connectivity index (χ1v) is 4.44. The number of nitrogens with one attached hydrogen (secondary N) is 1. The van der Waals surface area contributed by atoms with Crippen LogP contribution in [0.25, 0.3) is 0 Å². The van der Waals surface area contributed by atoms with E-state index >= 15 is 0 Å². The molecular weight excluding hydrogens is 166 g/mol. The van der Waals surface area contributed by atoms with Gasteiger partial charge in [0.25, 0.3) is 0 Å². The van der Waals surface area contributed by atoms with Crippen molar-refractivity contribution in [2.45, 2.75) is 18.7 Å². The van der Waals surface area contributed by atoms with E-state index in [2.05, 4.69) is 12.6 Å². The van der Waals surface area contributed by atoms with E-state index in [-0.39, 0.29) is 5.92 Å². The minimum absolute atomic E-state index is 0.262. The van der Waals surface area contributed by atoms with Crippen LogP contribution in [-0.2, 0) is 0 Å². The van der Waals surface area contributed by atoms with Gasteiger partial charge in [-0.1, -0.05) is 32.0 Å². The zero-order valence-electron chi connectivity index (χ0n) is 7.33. The smallest absolute Gasteiger partial charge is 0.0422 e. The highest BCUT2D eigenvalue weighted by molar-refractivity contribution is 7.80. The zero-order chi connectivity index (χ0) is 9.14. The third kappa shape index (κ3) is 1.89. The maximum absolute atomic E-state index is 7.78. The Morgan fingerprint density at radius 1 is 1.33 bits per heavy atom. The van der Waals surface area contributed by atoms with Crippen LogP contribution in [-0.4, -0.2) is 5.71 Å². The molecule has 64 valence electrons. The lowest BCUT2D eigenvalue weighted by Crippen LogP contribution is -2.07. The van der Waals surface area contributed by atoms with Crippen LogP contribution in [0.3, 0.4) is 0 Å². The van der Waals surface area contributed by atoms with Gasteiger partial charge in [-0.05, 0) is 12.0 Å². The van der Waals surface area contributed by atoms with Gasteiger partial charge in [-0.2, -0.15) is 0 Å². The van der Waals surface area contributed by atoms with Gasteiger partial charge in [0.1, 0.15) is 0 Å². The number of benzene rings is 1. The first kappa shape index (κ1) is 9.33. The summed E-state index contributed by atoms with van der Waals surface area (Å²) in [5.74, 6) is 0.262. The molecule has 0 fully saturated rings. The van der Waals surface area contributed by atoms with Crippen LogP contribution in [0.4, 0.5) is 0 Å². The number of hydrogen-bond donors (Lipinski definition) is 2. The Kier molecular flexibility index (Phi) is 2.93. The minimum atomic E-state index is 0.262. The number of hydrogen-bond acceptors (Lipinski definition) is 2. The lowest BCUT2D eigenvalue weighted by atomic mass is 10.0. The van der Waals surface area contributed by atoms with E-state index in [4.69, 9.17) is 5.41 Å². The van der Waals surface area contributed by atoms with Crippen molar-refractivity contribution in [3.63, 3.8) is 0 Å². The van der Waals surface area contributed by atoms with Crippen molar-refractivity contribution in [1.82, 2.24) is 0 Å². The van der Waals surface area contributed by atoms with Crippen molar-refractivity contribution in [1.29, 1.82) is 5.41 Å². The molecule has 0 aliphatic heterocycles. The topological polar surface area (TPSA) is 23.9 Å². The summed E-state index contributed by atoms with van der Waals surface area (Å²) >= 11 is 4.29. The van der Waals surface area contributed by atoms with Gasteiger partial charge in [-0.3, -0.25) is 0 Å². The number of rotatable bonds is 2. The highest BCUT2D eigenvalue weighted by Gasteiger charge is 2.07. The second-order valence-corrected chi connectivity index (χ2v) is 3.57. The fourth-order valence-corrected chi connectivity index (χ4v) is 1.29. The van der Waals surface area contributed by atoms with Crippen LogP contribution in [0, 0.1) is 11.3 Å². The predicted octanol–water partition coefficient (Wildman–Crippen LogP) is 3.00. The third-order valence-electron chi connectivity index (χ3n) is 1.77. The first-order valence-electron chi connectivity index (χ1n) is 3.99. The second kappa shape index (κ2) is 3.76. The van der Waals surface area contributed by atoms with Crippen LogP contribution in [0.1, 0.15) is 19.4 Å². The SMILES string of the molecule is CC(C)C(=N)c1ccccc1S. The fourth-order valence-electron chi connectivity index (χ4n) is 1.01. The summed E-state index contributed by atoms with van der Waals surface area (Å²) in [5, 5.41) is 7.78. The Hall–Kier alpha value is -0.760. The first-order chi connectivity index (χ1) is 5.63. The summed E-state index contributed by atoms with van der Waals surface area (Å²) in [5.41, 5.74) is 1.59. The molecule has 2 heteroatoms. The monoisotopic (exact) mass is 179 g/mol. The minimum Gasteiger partial charge on any atom is -0.304 e. The number of thiol groups is 1. The molecular formula is C10H13NS. The van der Waals surface area contributed by atoms with Crippen molar-refractivity contribution in [2.24, 2.45) is 5.92 Å². The Bertz CT molecular complexity index is 292. The molecule has 0 radical (unpaired) electrons. The van der Waals surface area contributed by atoms with Crippen molar-refractivity contribution < 1.29 is 0 Å². The maximum atomic E-state index is 7.78. The molecule has 0 amide bonds. The summed E-state index contributed by atoms with van der Waals surface area (Å²) < 4.78 is 0. The van der Waals surface area contributed by atoms with E-state index < -0.39 is 0 Å². The van der Waals surface area contributed by atoms with Crippen LogP contribution >= 0.6 is 12.6 Å². The normalized spacial score (nSPS) is 10.3. The molecule has 0 bridgehead atoms. The summed E-state index contributed by atoms with van der Waals surface area (Å²) in [7, 11) is 0. The van der Waals surface area contributed by atoms with Crippen molar-refractivity contribution in [2.75, 3.05) is 0 Å². The second-order valence-electron chi connectivity index (χ2n) is 3.09. The highest BCUT2D eigenvalue weighted by Crippen LogP contribution is 2.16. The predicted molar refractivity (Wildman–Crippen MR) is 55.4 cm³/mol. The van der Waals surface area contributed by atoms with Crippen LogP contribution in [0.15, 0.2) is 29.2 Å². The lowest BCUT2D eigenvalue weighted by Gasteiger charge is -2.09. The molecule has 0 saturated carbocycles. The van der Waals surface area contributed by atoms with E-state index in [0.29, 0.717) is 5.71 Å². The quantitative estimate of drug-likeness (QED) is 0.515. The standard InChI is InChI=1S/C10H13NS/c1-7(2)10(11)8-5-3-4-6-9(8)12/h3-7,11-12H,1-2H3. The largest absolute Gasteiger partial charge is 0.304 e. The fraction of sp³-hybridized carbons (Fsp3) is 0.300. The van der Waals surface area contributed by atoms with E-state index in [1.165, 1.54) is 0 Å². The molecule has 0 unspecified atom stereocenters. The molecule has 0 aromatic heterocycles. The van der Waals surface area contributed by atoms with Crippen LogP contribution in [0.5, 0.6) is 0 Å². The van der Waals surface area contributed by atoms with E-state index in [9.17, 15) is 0 Å². The molecule has 1 aromatic carbocycles. The molecule has 1 rings (SSSR count). The molecule has 0 atom stereocenters. The van der Waals surface area contributed by atoms with Gasteiger partial charge in [0.15, 0.2) is 0 Å². The van der Waals surface area contributed by atoms with Gasteiger partial charge in [0.2, 0.25) is 0 Å². The van der Waals surface area contributed by atoms with Crippen molar-refractivity contribution in [3.05, 3.63) is 29.8 Å². The molecule has 0 aliphatic carbocycles. The van der Waals surface area contributed by atoms with Crippen molar-refractivity contribution >= 4 is 18.3 Å². The summed E-state index contributed by atoms with van der Waals surface area (Å²) in [6, 6.07) is 7.71. The lowest BCUT2D eigenvalue weighted by molar-refractivity contribution is 0.875. The van der Waals surface area contributed by atoms with E-state index in [1.54, 1.807) is 0 Å². The molecule has 12 heavy (non-hydrogen) atoms. The van der Waals surface area contributed by atoms with Crippen LogP contribution in [0.2, 0.25) is 0 Å². The van der Waals surface area contributed by atoms with Gasteiger partial charge in [-0.15, -0.1) is 12.6 Å². The molecule has 1 nitrogen and oxygen atoms in total. The average molecular weight is 179 g/mol. The van der Waals surface area contributed by atoms with Gasteiger partial charge >= 0.3 is 0 Å². The molecule has 0 heterocycles. The van der Waals surface area contributed by atoms with Crippen LogP contribution < -0.4 is 0 Å². The Morgan fingerprint density at radius 2 is 1.92 bits per heavy atom.